The van der Waals surface area contributed by atoms with E-state index in [1.54, 1.807) is 0 Å². The summed E-state index contributed by atoms with van der Waals surface area (Å²) in [6.07, 6.45) is 0. The Hall–Kier alpha value is -3.03. The van der Waals surface area contributed by atoms with Gasteiger partial charge in [-0.2, -0.15) is 4.39 Å². The summed E-state index contributed by atoms with van der Waals surface area (Å²) in [7, 11) is 0. The fourth-order valence-corrected chi connectivity index (χ4v) is 1.59. The van der Waals surface area contributed by atoms with Crippen LogP contribution in [-0.2, 0) is 0 Å². The minimum atomic E-state index is -1.31. The molecule has 6 nitrogen and oxygen atoms in total. The number of hydrogen-bond donors (Lipinski definition) is 1. The number of carbonyl (C=O) groups is 1. The average molecular weight is 295 g/mol. The molecule has 0 spiro atoms. The van der Waals surface area contributed by atoms with Crippen molar-refractivity contribution >= 4 is 11.7 Å². The summed E-state index contributed by atoms with van der Waals surface area (Å²) in [6.45, 7) is 0. The molecule has 21 heavy (non-hydrogen) atoms. The largest absolute Gasteiger partial charge is 0.478 e. The van der Waals surface area contributed by atoms with Crippen LogP contribution in [0.1, 0.15) is 10.4 Å². The van der Waals surface area contributed by atoms with Crippen LogP contribution in [0.15, 0.2) is 36.4 Å². The second-order valence-electron chi connectivity index (χ2n) is 3.89. The fraction of sp³-hybridized carbons (Fsp3) is 0. The first-order chi connectivity index (χ1) is 9.90. The van der Waals surface area contributed by atoms with E-state index in [2.05, 4.69) is 0 Å². The van der Waals surface area contributed by atoms with Gasteiger partial charge in [-0.1, -0.05) is 12.1 Å². The monoisotopic (exact) mass is 295 g/mol. The van der Waals surface area contributed by atoms with Gasteiger partial charge in [0.25, 0.3) is 0 Å². The zero-order valence-corrected chi connectivity index (χ0v) is 10.2. The molecule has 2 aromatic carbocycles. The number of nitro benzene ring substituents is 1. The van der Waals surface area contributed by atoms with Crippen LogP contribution in [0.25, 0.3) is 0 Å². The van der Waals surface area contributed by atoms with Crippen LogP contribution in [0.5, 0.6) is 11.5 Å². The van der Waals surface area contributed by atoms with Crippen molar-refractivity contribution in [3.63, 3.8) is 0 Å². The van der Waals surface area contributed by atoms with E-state index in [1.807, 2.05) is 0 Å². The molecule has 2 rings (SSSR count). The number of halogens is 2. The molecule has 0 aliphatic rings. The smallest absolute Gasteiger partial charge is 0.339 e. The van der Waals surface area contributed by atoms with Crippen LogP contribution in [0.3, 0.4) is 0 Å². The standard InChI is InChI=1S/C13H7F2NO5/c14-8-6-12(9(15)5-10(8)16(19)20)21-11-4-2-1-3-7(11)13(17)18/h1-6H,(H,17,18). The van der Waals surface area contributed by atoms with Gasteiger partial charge in [0.05, 0.1) is 11.0 Å². The molecule has 1 N–H and O–H groups in total. The Morgan fingerprint density at radius 3 is 2.43 bits per heavy atom. The average Bonchev–Trinajstić information content (AvgIpc) is 2.42. The topological polar surface area (TPSA) is 89.7 Å². The highest BCUT2D eigenvalue weighted by Gasteiger charge is 2.21. The zero-order valence-electron chi connectivity index (χ0n) is 10.2. The lowest BCUT2D eigenvalue weighted by Crippen LogP contribution is -2.01. The van der Waals surface area contributed by atoms with Gasteiger partial charge in [-0.15, -0.1) is 0 Å². The maximum Gasteiger partial charge on any atom is 0.339 e. The van der Waals surface area contributed by atoms with Gasteiger partial charge in [0.1, 0.15) is 11.3 Å². The molecule has 0 saturated heterocycles. The van der Waals surface area contributed by atoms with E-state index >= 15 is 0 Å². The van der Waals surface area contributed by atoms with Crippen LogP contribution in [-0.4, -0.2) is 16.0 Å². The van der Waals surface area contributed by atoms with E-state index in [9.17, 15) is 23.7 Å². The molecular weight excluding hydrogens is 288 g/mol. The van der Waals surface area contributed by atoms with Gasteiger partial charge in [-0.05, 0) is 12.1 Å². The van der Waals surface area contributed by atoms with Crippen molar-refractivity contribution in [1.29, 1.82) is 0 Å². The van der Waals surface area contributed by atoms with Gasteiger partial charge in [0, 0.05) is 6.07 Å². The SMILES string of the molecule is O=C(O)c1ccccc1Oc1cc(F)c([N+](=O)[O-])cc1F. The van der Waals surface area contributed by atoms with E-state index in [1.165, 1.54) is 24.3 Å². The molecule has 0 aliphatic heterocycles. The third-order valence-electron chi connectivity index (χ3n) is 2.54. The number of hydrogen-bond acceptors (Lipinski definition) is 4. The zero-order chi connectivity index (χ0) is 15.6. The van der Waals surface area contributed by atoms with E-state index < -0.39 is 34.0 Å². The highest BCUT2D eigenvalue weighted by atomic mass is 19.1. The molecule has 0 atom stereocenters. The number of nitrogens with zero attached hydrogens (tertiary/aromatic N) is 1. The number of carboxylic acid groups (broad SMARTS) is 1. The van der Waals surface area contributed by atoms with Crippen LogP contribution in [0.4, 0.5) is 14.5 Å². The summed E-state index contributed by atoms with van der Waals surface area (Å²) in [5.74, 6) is -4.63. The normalized spacial score (nSPS) is 10.2. The van der Waals surface area contributed by atoms with Crippen molar-refractivity contribution in [2.45, 2.75) is 0 Å². The molecule has 2 aromatic rings. The summed E-state index contributed by atoms with van der Waals surface area (Å²) in [5, 5.41) is 19.4. The van der Waals surface area contributed by atoms with Crippen molar-refractivity contribution < 1.29 is 28.3 Å². The van der Waals surface area contributed by atoms with Crippen molar-refractivity contribution in [2.24, 2.45) is 0 Å². The number of carboxylic acids is 1. The number of nitro groups is 1. The molecule has 0 saturated carbocycles. The minimum Gasteiger partial charge on any atom is -0.478 e. The molecule has 0 bridgehead atoms. The second kappa shape index (κ2) is 5.53. The molecule has 8 heteroatoms. The summed E-state index contributed by atoms with van der Waals surface area (Å²) in [6, 6.07) is 6.21. The van der Waals surface area contributed by atoms with Gasteiger partial charge >= 0.3 is 11.7 Å². The molecule has 0 heterocycles. The lowest BCUT2D eigenvalue weighted by molar-refractivity contribution is -0.387. The predicted molar refractivity (Wildman–Crippen MR) is 66.5 cm³/mol. The minimum absolute atomic E-state index is 0.211. The highest BCUT2D eigenvalue weighted by molar-refractivity contribution is 5.90. The van der Waals surface area contributed by atoms with Crippen LogP contribution < -0.4 is 4.74 Å². The third kappa shape index (κ3) is 2.94. The first-order valence-corrected chi connectivity index (χ1v) is 5.53. The van der Waals surface area contributed by atoms with Crippen LogP contribution in [0.2, 0.25) is 0 Å². The molecule has 0 radical (unpaired) electrons. The summed E-state index contributed by atoms with van der Waals surface area (Å²) < 4.78 is 32.1. The lowest BCUT2D eigenvalue weighted by atomic mass is 10.2. The first-order valence-electron chi connectivity index (χ1n) is 5.53. The van der Waals surface area contributed by atoms with Crippen molar-refractivity contribution in [3.05, 3.63) is 63.7 Å². The summed E-state index contributed by atoms with van der Waals surface area (Å²) >= 11 is 0. The van der Waals surface area contributed by atoms with E-state index in [0.717, 1.165) is 0 Å². The maximum absolute atomic E-state index is 13.7. The Labute approximate surface area is 116 Å². The Balaban J connectivity index is 2.44. The second-order valence-corrected chi connectivity index (χ2v) is 3.89. The van der Waals surface area contributed by atoms with E-state index in [-0.39, 0.29) is 11.3 Å². The molecule has 0 aromatic heterocycles. The van der Waals surface area contributed by atoms with Crippen molar-refractivity contribution in [3.8, 4) is 11.5 Å². The van der Waals surface area contributed by atoms with Gasteiger partial charge in [-0.3, -0.25) is 10.1 Å². The van der Waals surface area contributed by atoms with Crippen LogP contribution in [0, 0.1) is 21.7 Å². The van der Waals surface area contributed by atoms with Crippen molar-refractivity contribution in [2.75, 3.05) is 0 Å². The third-order valence-corrected chi connectivity index (χ3v) is 2.54. The van der Waals surface area contributed by atoms with E-state index in [0.29, 0.717) is 12.1 Å². The van der Waals surface area contributed by atoms with Gasteiger partial charge in [0.15, 0.2) is 11.6 Å². The Kier molecular flexibility index (Phi) is 3.79. The molecule has 0 unspecified atom stereocenters. The fourth-order valence-electron chi connectivity index (χ4n) is 1.59. The predicted octanol–water partition coefficient (Wildman–Crippen LogP) is 3.36. The Bertz CT molecular complexity index is 732. The number of rotatable bonds is 4. The molecular formula is C13H7F2NO5. The number of para-hydroxylation sites is 1. The number of aromatic carboxylic acids is 1. The van der Waals surface area contributed by atoms with Gasteiger partial charge in [0.2, 0.25) is 5.82 Å². The quantitative estimate of drug-likeness (QED) is 0.690. The van der Waals surface area contributed by atoms with Gasteiger partial charge < -0.3 is 9.84 Å². The summed E-state index contributed by atoms with van der Waals surface area (Å²) in [5.41, 5.74) is -1.29. The molecule has 108 valence electrons. The van der Waals surface area contributed by atoms with Gasteiger partial charge in [-0.25, -0.2) is 9.18 Å². The molecule has 0 fully saturated rings. The summed E-state index contributed by atoms with van der Waals surface area (Å²) in [4.78, 5) is 20.4. The molecule has 0 aliphatic carbocycles. The number of ether oxygens (including phenoxy) is 1. The van der Waals surface area contributed by atoms with Crippen molar-refractivity contribution in [1.82, 2.24) is 0 Å². The van der Waals surface area contributed by atoms with Crippen LogP contribution >= 0.6 is 0 Å². The highest BCUT2D eigenvalue weighted by Crippen LogP contribution is 2.31. The number of benzene rings is 2. The van der Waals surface area contributed by atoms with E-state index in [4.69, 9.17) is 9.84 Å². The lowest BCUT2D eigenvalue weighted by Gasteiger charge is -2.09. The Morgan fingerprint density at radius 2 is 1.81 bits per heavy atom. The Morgan fingerprint density at radius 1 is 1.14 bits per heavy atom. The first kappa shape index (κ1) is 14.4. The molecule has 0 amide bonds. The maximum atomic E-state index is 13.7.